The molecule has 0 bridgehead atoms. The molecule has 1 aromatic heterocycles. The van der Waals surface area contributed by atoms with Crippen molar-refractivity contribution < 1.29 is 5.11 Å². The fourth-order valence-electron chi connectivity index (χ4n) is 2.67. The summed E-state index contributed by atoms with van der Waals surface area (Å²) < 4.78 is 0. The van der Waals surface area contributed by atoms with Gasteiger partial charge in [-0.25, -0.2) is 4.98 Å². The van der Waals surface area contributed by atoms with Crippen LogP contribution >= 0.6 is 0 Å². The second kappa shape index (κ2) is 6.59. The summed E-state index contributed by atoms with van der Waals surface area (Å²) in [6.45, 7) is 4.17. The summed E-state index contributed by atoms with van der Waals surface area (Å²) in [6, 6.07) is 5.97. The number of rotatable bonds is 6. The van der Waals surface area contributed by atoms with E-state index in [9.17, 15) is 5.11 Å². The lowest BCUT2D eigenvalue weighted by Crippen LogP contribution is -2.21. The predicted molar refractivity (Wildman–Crippen MR) is 74.8 cm³/mol. The first kappa shape index (κ1) is 13.1. The van der Waals surface area contributed by atoms with E-state index in [0.717, 1.165) is 31.1 Å². The summed E-state index contributed by atoms with van der Waals surface area (Å²) in [4.78, 5) is 4.49. The first-order valence-corrected chi connectivity index (χ1v) is 6.89. The zero-order valence-corrected chi connectivity index (χ0v) is 11.0. The Balaban J connectivity index is 1.87. The van der Waals surface area contributed by atoms with E-state index in [1.165, 1.54) is 12.8 Å². The molecule has 1 saturated carbocycles. The molecule has 1 heterocycles. The van der Waals surface area contributed by atoms with Gasteiger partial charge >= 0.3 is 0 Å². The Morgan fingerprint density at radius 3 is 2.67 bits per heavy atom. The van der Waals surface area contributed by atoms with Crippen LogP contribution in [0.3, 0.4) is 0 Å². The van der Waals surface area contributed by atoms with Gasteiger partial charge in [0.05, 0.1) is 0 Å². The maximum Gasteiger partial charge on any atom is 0.128 e. The monoisotopic (exact) mass is 249 g/mol. The highest BCUT2D eigenvalue weighted by Crippen LogP contribution is 2.31. The van der Waals surface area contributed by atoms with Crippen LogP contribution < -0.4 is 10.6 Å². The van der Waals surface area contributed by atoms with E-state index in [4.69, 9.17) is 0 Å². The molecular formula is C14H23N3O. The highest BCUT2D eigenvalue weighted by molar-refractivity contribution is 5.44. The largest absolute Gasteiger partial charge is 0.396 e. The number of hydrogen-bond acceptors (Lipinski definition) is 4. The fourth-order valence-corrected chi connectivity index (χ4v) is 2.67. The Bertz CT molecular complexity index is 370. The summed E-state index contributed by atoms with van der Waals surface area (Å²) in [5.74, 6) is 2.87. The molecule has 18 heavy (non-hydrogen) atoms. The number of aliphatic hydroxyl groups is 1. The van der Waals surface area contributed by atoms with Gasteiger partial charge in [0.25, 0.3) is 0 Å². The second-order valence-corrected chi connectivity index (χ2v) is 4.95. The fraction of sp³-hybridized carbons (Fsp3) is 0.643. The molecule has 1 fully saturated rings. The van der Waals surface area contributed by atoms with Crippen molar-refractivity contribution >= 4 is 11.6 Å². The van der Waals surface area contributed by atoms with Gasteiger partial charge in [0, 0.05) is 19.7 Å². The van der Waals surface area contributed by atoms with Crippen LogP contribution in [0, 0.1) is 11.8 Å². The molecule has 100 valence electrons. The number of anilines is 2. The van der Waals surface area contributed by atoms with Crippen molar-refractivity contribution in [3.63, 3.8) is 0 Å². The SMILES string of the molecule is CCNc1cccc(NCC2CCCC2CO)n1. The van der Waals surface area contributed by atoms with E-state index in [1.54, 1.807) is 0 Å². The number of hydrogen-bond donors (Lipinski definition) is 3. The molecule has 3 N–H and O–H groups in total. The standard InChI is InChI=1S/C14H23N3O/c1-2-15-13-7-4-8-14(17-13)16-9-11-5-3-6-12(11)10-18/h4,7-8,11-12,18H,2-3,5-6,9-10H2,1H3,(H2,15,16,17). The Morgan fingerprint density at radius 2 is 1.94 bits per heavy atom. The van der Waals surface area contributed by atoms with Crippen LogP contribution in [0.25, 0.3) is 0 Å². The van der Waals surface area contributed by atoms with Gasteiger partial charge in [0.1, 0.15) is 11.6 Å². The molecule has 2 atom stereocenters. The Morgan fingerprint density at radius 1 is 1.22 bits per heavy atom. The highest BCUT2D eigenvalue weighted by Gasteiger charge is 2.26. The maximum atomic E-state index is 9.29. The smallest absolute Gasteiger partial charge is 0.128 e. The van der Waals surface area contributed by atoms with Gasteiger partial charge in [-0.15, -0.1) is 0 Å². The third-order valence-electron chi connectivity index (χ3n) is 3.70. The molecule has 0 spiro atoms. The normalized spacial score (nSPS) is 23.0. The molecule has 0 radical (unpaired) electrons. The molecular weight excluding hydrogens is 226 g/mol. The van der Waals surface area contributed by atoms with Crippen LogP contribution in [-0.2, 0) is 0 Å². The molecule has 0 saturated heterocycles. The quantitative estimate of drug-likeness (QED) is 0.724. The third-order valence-corrected chi connectivity index (χ3v) is 3.70. The minimum Gasteiger partial charge on any atom is -0.396 e. The molecule has 1 aliphatic rings. The van der Waals surface area contributed by atoms with E-state index >= 15 is 0 Å². The average molecular weight is 249 g/mol. The van der Waals surface area contributed by atoms with Crippen LogP contribution in [0.2, 0.25) is 0 Å². The zero-order chi connectivity index (χ0) is 12.8. The van der Waals surface area contributed by atoms with Gasteiger partial charge < -0.3 is 15.7 Å². The molecule has 0 amide bonds. The number of aromatic nitrogens is 1. The van der Waals surface area contributed by atoms with E-state index < -0.39 is 0 Å². The predicted octanol–water partition coefficient (Wildman–Crippen LogP) is 2.33. The van der Waals surface area contributed by atoms with Crippen LogP contribution in [0.15, 0.2) is 18.2 Å². The van der Waals surface area contributed by atoms with Crippen molar-refractivity contribution in [2.45, 2.75) is 26.2 Å². The summed E-state index contributed by atoms with van der Waals surface area (Å²) in [7, 11) is 0. The number of nitrogens with zero attached hydrogens (tertiary/aromatic N) is 1. The summed E-state index contributed by atoms with van der Waals surface area (Å²) >= 11 is 0. The number of aliphatic hydroxyl groups excluding tert-OH is 1. The van der Waals surface area contributed by atoms with Crippen LogP contribution in [0.4, 0.5) is 11.6 Å². The topological polar surface area (TPSA) is 57.2 Å². The third kappa shape index (κ3) is 3.35. The first-order chi connectivity index (χ1) is 8.83. The molecule has 0 aromatic carbocycles. The number of nitrogens with one attached hydrogen (secondary N) is 2. The molecule has 2 unspecified atom stereocenters. The number of pyridine rings is 1. The second-order valence-electron chi connectivity index (χ2n) is 4.95. The molecule has 0 aliphatic heterocycles. The summed E-state index contributed by atoms with van der Waals surface area (Å²) in [5, 5.41) is 15.9. The Labute approximate surface area is 109 Å². The molecule has 1 aliphatic carbocycles. The summed E-state index contributed by atoms with van der Waals surface area (Å²) in [6.07, 6.45) is 3.61. The van der Waals surface area contributed by atoms with Crippen molar-refractivity contribution in [3.8, 4) is 0 Å². The van der Waals surface area contributed by atoms with Gasteiger partial charge in [-0.05, 0) is 43.7 Å². The lowest BCUT2D eigenvalue weighted by Gasteiger charge is -2.18. The Hall–Kier alpha value is -1.29. The van der Waals surface area contributed by atoms with Gasteiger partial charge in [-0.1, -0.05) is 12.5 Å². The molecule has 1 aromatic rings. The zero-order valence-electron chi connectivity index (χ0n) is 11.0. The van der Waals surface area contributed by atoms with E-state index in [0.29, 0.717) is 18.4 Å². The van der Waals surface area contributed by atoms with Crippen molar-refractivity contribution in [2.24, 2.45) is 11.8 Å². The first-order valence-electron chi connectivity index (χ1n) is 6.89. The van der Waals surface area contributed by atoms with Gasteiger partial charge in [-0.3, -0.25) is 0 Å². The molecule has 4 heteroatoms. The molecule has 2 rings (SSSR count). The molecule has 4 nitrogen and oxygen atoms in total. The van der Waals surface area contributed by atoms with Crippen molar-refractivity contribution in [1.29, 1.82) is 0 Å². The minimum atomic E-state index is 0.317. The van der Waals surface area contributed by atoms with Crippen molar-refractivity contribution in [3.05, 3.63) is 18.2 Å². The van der Waals surface area contributed by atoms with Gasteiger partial charge in [-0.2, -0.15) is 0 Å². The lowest BCUT2D eigenvalue weighted by molar-refractivity contribution is 0.199. The van der Waals surface area contributed by atoms with Crippen molar-refractivity contribution in [2.75, 3.05) is 30.3 Å². The summed E-state index contributed by atoms with van der Waals surface area (Å²) in [5.41, 5.74) is 0. The van der Waals surface area contributed by atoms with E-state index in [2.05, 4.69) is 22.5 Å². The van der Waals surface area contributed by atoms with E-state index in [-0.39, 0.29) is 0 Å². The van der Waals surface area contributed by atoms with E-state index in [1.807, 2.05) is 18.2 Å². The van der Waals surface area contributed by atoms with Gasteiger partial charge in [0.2, 0.25) is 0 Å². The lowest BCUT2D eigenvalue weighted by atomic mass is 9.97. The van der Waals surface area contributed by atoms with Crippen LogP contribution in [-0.4, -0.2) is 29.8 Å². The van der Waals surface area contributed by atoms with Crippen LogP contribution in [0.5, 0.6) is 0 Å². The highest BCUT2D eigenvalue weighted by atomic mass is 16.3. The van der Waals surface area contributed by atoms with Gasteiger partial charge in [0.15, 0.2) is 0 Å². The average Bonchev–Trinajstić information content (AvgIpc) is 2.84. The maximum absolute atomic E-state index is 9.29. The van der Waals surface area contributed by atoms with Crippen molar-refractivity contribution in [1.82, 2.24) is 4.98 Å². The van der Waals surface area contributed by atoms with Crippen LogP contribution in [0.1, 0.15) is 26.2 Å². The minimum absolute atomic E-state index is 0.317. The Kier molecular flexibility index (Phi) is 4.81.